The average Bonchev–Trinajstić information content (AvgIpc) is 3.21. The van der Waals surface area contributed by atoms with Gasteiger partial charge >= 0.3 is 5.97 Å². The van der Waals surface area contributed by atoms with E-state index in [9.17, 15) is 9.90 Å². The molecular formula is C28H34N4O4. The second kappa shape index (κ2) is 9.93. The van der Waals surface area contributed by atoms with Gasteiger partial charge in [0.2, 0.25) is 0 Å². The molecule has 0 atom stereocenters. The lowest BCUT2D eigenvalue weighted by Crippen LogP contribution is -2.28. The number of hydrogen-bond acceptors (Lipinski definition) is 6. The van der Waals surface area contributed by atoms with Crippen LogP contribution in [0.5, 0.6) is 11.5 Å². The first-order valence-electron chi connectivity index (χ1n) is 12.7. The fourth-order valence-electron chi connectivity index (χ4n) is 4.72. The highest BCUT2D eigenvalue weighted by Crippen LogP contribution is 2.39. The van der Waals surface area contributed by atoms with Gasteiger partial charge < -0.3 is 19.9 Å². The molecule has 2 fully saturated rings. The number of aryl methyl sites for hydroxylation is 1. The molecular weight excluding hydrogens is 456 g/mol. The van der Waals surface area contributed by atoms with E-state index in [2.05, 4.69) is 15.0 Å². The van der Waals surface area contributed by atoms with Crippen LogP contribution in [0.2, 0.25) is 0 Å². The molecule has 5 rings (SSSR count). The monoisotopic (exact) mass is 490 g/mol. The van der Waals surface area contributed by atoms with Gasteiger partial charge in [-0.05, 0) is 82.2 Å². The van der Waals surface area contributed by atoms with Gasteiger partial charge in [-0.3, -0.25) is 9.48 Å². The predicted molar refractivity (Wildman–Crippen MR) is 137 cm³/mol. The molecule has 1 aliphatic heterocycles. The van der Waals surface area contributed by atoms with E-state index < -0.39 is 11.4 Å². The highest BCUT2D eigenvalue weighted by Gasteiger charge is 2.30. The van der Waals surface area contributed by atoms with Crippen LogP contribution in [0.4, 0.5) is 11.5 Å². The maximum Gasteiger partial charge on any atom is 0.313 e. The lowest BCUT2D eigenvalue weighted by Gasteiger charge is -2.25. The third-order valence-corrected chi connectivity index (χ3v) is 7.35. The molecule has 3 aromatic rings. The summed E-state index contributed by atoms with van der Waals surface area (Å²) in [6, 6.07) is 9.91. The lowest BCUT2D eigenvalue weighted by molar-refractivity contribution is -0.142. The Kier molecular flexibility index (Phi) is 6.71. The maximum absolute atomic E-state index is 11.8. The van der Waals surface area contributed by atoms with E-state index in [0.29, 0.717) is 23.5 Å². The van der Waals surface area contributed by atoms with Crippen molar-refractivity contribution < 1.29 is 19.4 Å². The Balaban J connectivity index is 1.38. The largest absolute Gasteiger partial charge is 0.481 e. The van der Waals surface area contributed by atoms with Crippen molar-refractivity contribution in [2.45, 2.75) is 70.3 Å². The molecule has 8 heteroatoms. The van der Waals surface area contributed by atoms with Gasteiger partial charge in [-0.1, -0.05) is 6.07 Å². The first-order valence-corrected chi connectivity index (χ1v) is 12.7. The highest BCUT2D eigenvalue weighted by atomic mass is 16.5. The first-order chi connectivity index (χ1) is 17.3. The van der Waals surface area contributed by atoms with E-state index in [4.69, 9.17) is 14.6 Å². The van der Waals surface area contributed by atoms with Crippen LogP contribution in [0.1, 0.15) is 74.7 Å². The number of carboxylic acids is 1. The highest BCUT2D eigenvalue weighted by molar-refractivity contribution is 5.81. The molecule has 1 aliphatic carbocycles. The van der Waals surface area contributed by atoms with Gasteiger partial charge in [0, 0.05) is 37.1 Å². The standard InChI is InChI=1S/C28H34N4O4/c1-18-13-20(28(2,3)27(33)34)15-21(14-18)30-25-16-23(7-10-29-25)36-24-17-32(22-5-4-6-22)31-26(24)19-8-11-35-12-9-19/h7,10,13-17,19,22H,4-6,8-9,11-12H2,1-3H3,(H,29,30)(H,33,34). The van der Waals surface area contributed by atoms with Crippen LogP contribution >= 0.6 is 0 Å². The number of rotatable bonds is 8. The summed E-state index contributed by atoms with van der Waals surface area (Å²) in [6.07, 6.45) is 9.22. The molecule has 2 N–H and O–H groups in total. The zero-order valence-electron chi connectivity index (χ0n) is 21.2. The fraction of sp³-hybridized carbons (Fsp3) is 0.464. The van der Waals surface area contributed by atoms with Crippen LogP contribution in [-0.4, -0.2) is 39.1 Å². The number of aliphatic carboxylic acids is 1. The van der Waals surface area contributed by atoms with Crippen molar-refractivity contribution in [3.8, 4) is 11.5 Å². The molecule has 2 aliphatic rings. The summed E-state index contributed by atoms with van der Waals surface area (Å²) in [4.78, 5) is 16.2. The second-order valence-electron chi connectivity index (χ2n) is 10.5. The summed E-state index contributed by atoms with van der Waals surface area (Å²) in [5, 5.41) is 17.9. The van der Waals surface area contributed by atoms with Gasteiger partial charge in [0.05, 0.1) is 17.7 Å². The van der Waals surface area contributed by atoms with Crippen molar-refractivity contribution in [3.63, 3.8) is 0 Å². The second-order valence-corrected chi connectivity index (χ2v) is 10.5. The molecule has 36 heavy (non-hydrogen) atoms. The van der Waals surface area contributed by atoms with Crippen LogP contribution in [-0.2, 0) is 14.9 Å². The minimum atomic E-state index is -0.998. The number of carbonyl (C=O) groups is 1. The molecule has 0 bridgehead atoms. The van der Waals surface area contributed by atoms with Gasteiger partial charge in [-0.2, -0.15) is 5.10 Å². The molecule has 0 unspecified atom stereocenters. The van der Waals surface area contributed by atoms with Crippen molar-refractivity contribution in [2.24, 2.45) is 0 Å². The molecule has 3 heterocycles. The summed E-state index contributed by atoms with van der Waals surface area (Å²) in [7, 11) is 0. The lowest BCUT2D eigenvalue weighted by atomic mass is 9.84. The molecule has 0 radical (unpaired) electrons. The molecule has 1 saturated carbocycles. The zero-order valence-corrected chi connectivity index (χ0v) is 21.2. The first kappa shape index (κ1) is 24.3. The van der Waals surface area contributed by atoms with E-state index in [-0.39, 0.29) is 0 Å². The van der Waals surface area contributed by atoms with Crippen molar-refractivity contribution in [1.82, 2.24) is 14.8 Å². The normalized spacial score (nSPS) is 17.0. The molecule has 0 amide bonds. The van der Waals surface area contributed by atoms with E-state index in [1.807, 2.05) is 43.5 Å². The van der Waals surface area contributed by atoms with Crippen LogP contribution in [0.3, 0.4) is 0 Å². The van der Waals surface area contributed by atoms with E-state index >= 15 is 0 Å². The van der Waals surface area contributed by atoms with Gasteiger partial charge in [0.1, 0.15) is 17.3 Å². The Morgan fingerprint density at radius 1 is 1.17 bits per heavy atom. The number of pyridine rings is 1. The molecule has 190 valence electrons. The molecule has 1 aromatic carbocycles. The third-order valence-electron chi connectivity index (χ3n) is 7.35. The molecule has 2 aromatic heterocycles. The topological polar surface area (TPSA) is 98.5 Å². The minimum absolute atomic E-state index is 0.331. The average molecular weight is 491 g/mol. The molecule has 1 saturated heterocycles. The van der Waals surface area contributed by atoms with Crippen LogP contribution < -0.4 is 10.1 Å². The number of ether oxygens (including phenoxy) is 2. The molecule has 8 nitrogen and oxygen atoms in total. The Bertz CT molecular complexity index is 1240. The van der Waals surface area contributed by atoms with Crippen molar-refractivity contribution >= 4 is 17.5 Å². The Labute approximate surface area is 211 Å². The number of benzene rings is 1. The number of carboxylic acid groups (broad SMARTS) is 1. The van der Waals surface area contributed by atoms with Gasteiger partial charge in [-0.15, -0.1) is 0 Å². The number of hydrogen-bond donors (Lipinski definition) is 2. The number of nitrogens with zero attached hydrogens (tertiary/aromatic N) is 3. The maximum atomic E-state index is 11.8. The van der Waals surface area contributed by atoms with Crippen molar-refractivity contribution in [1.29, 1.82) is 0 Å². The van der Waals surface area contributed by atoms with E-state index in [0.717, 1.165) is 67.2 Å². The summed E-state index contributed by atoms with van der Waals surface area (Å²) in [6.45, 7) is 6.87. The Morgan fingerprint density at radius 2 is 1.94 bits per heavy atom. The van der Waals surface area contributed by atoms with Gasteiger partial charge in [0.15, 0.2) is 5.75 Å². The summed E-state index contributed by atoms with van der Waals surface area (Å²) >= 11 is 0. The minimum Gasteiger partial charge on any atom is -0.481 e. The summed E-state index contributed by atoms with van der Waals surface area (Å²) in [5.41, 5.74) is 2.50. The smallest absolute Gasteiger partial charge is 0.313 e. The summed E-state index contributed by atoms with van der Waals surface area (Å²) < 4.78 is 14.0. The van der Waals surface area contributed by atoms with Crippen molar-refractivity contribution in [3.05, 3.63) is 59.5 Å². The van der Waals surface area contributed by atoms with E-state index in [1.54, 1.807) is 20.0 Å². The van der Waals surface area contributed by atoms with Crippen LogP contribution in [0.15, 0.2) is 42.7 Å². The number of aromatic nitrogens is 3. The number of anilines is 2. The number of nitrogens with one attached hydrogen (secondary N) is 1. The third kappa shape index (κ3) is 5.09. The Morgan fingerprint density at radius 3 is 2.64 bits per heavy atom. The van der Waals surface area contributed by atoms with E-state index in [1.165, 1.54) is 6.42 Å². The zero-order chi connectivity index (χ0) is 25.3. The van der Waals surface area contributed by atoms with Gasteiger partial charge in [-0.25, -0.2) is 4.98 Å². The summed E-state index contributed by atoms with van der Waals surface area (Å²) in [5.74, 6) is 1.56. The van der Waals surface area contributed by atoms with Crippen LogP contribution in [0, 0.1) is 6.92 Å². The SMILES string of the molecule is Cc1cc(Nc2cc(Oc3cn(C4CCC4)nc3C3CCOCC3)ccn2)cc(C(C)(C)C(=O)O)c1. The van der Waals surface area contributed by atoms with Crippen LogP contribution in [0.25, 0.3) is 0 Å². The fourth-order valence-corrected chi connectivity index (χ4v) is 4.72. The van der Waals surface area contributed by atoms with Crippen molar-refractivity contribution in [2.75, 3.05) is 18.5 Å². The predicted octanol–water partition coefficient (Wildman–Crippen LogP) is 6.10. The quantitative estimate of drug-likeness (QED) is 0.393. The van der Waals surface area contributed by atoms with Gasteiger partial charge in [0.25, 0.3) is 0 Å². The molecule has 0 spiro atoms. The Hall–Kier alpha value is -3.39.